The van der Waals surface area contributed by atoms with Gasteiger partial charge in [0.1, 0.15) is 0 Å². The molecule has 1 heterocycles. The van der Waals surface area contributed by atoms with E-state index in [9.17, 15) is 0 Å². The molecule has 1 aromatic heterocycles. The van der Waals surface area contributed by atoms with Crippen molar-refractivity contribution in [1.29, 1.82) is 0 Å². The summed E-state index contributed by atoms with van der Waals surface area (Å²) in [7, 11) is 0. The molecule has 0 radical (unpaired) electrons. The van der Waals surface area contributed by atoms with Gasteiger partial charge in [0.25, 0.3) is 0 Å². The molecule has 0 N–H and O–H groups in total. The standard InChI is InChI=1S/C59H41N3/c1-58(2)51-24-11-13-26-53(51)59(54-27-14-12-25-52(54)58)49-23-10-9-21-47(49)48-37-44(33-35-50(48)59)45-22-15-20-43-36-42(32-34-46(43)45)38-28-30-41(31-29-38)57-61-55(39-16-5-3-6-17-39)60-56(62-57)40-18-7-4-8-19-40/h3-37H,1-2H3. The van der Waals surface area contributed by atoms with Gasteiger partial charge in [-0.15, -0.1) is 0 Å². The van der Waals surface area contributed by atoms with Crippen LogP contribution >= 0.6 is 0 Å². The van der Waals surface area contributed by atoms with E-state index < -0.39 is 5.41 Å². The fourth-order valence-electron chi connectivity index (χ4n) is 10.5. The number of aromatic nitrogens is 3. The fraction of sp³-hybridized carbons (Fsp3) is 0.0678. The Morgan fingerprint density at radius 3 is 1.35 bits per heavy atom. The molecule has 3 heteroatoms. The Balaban J connectivity index is 0.927. The lowest BCUT2D eigenvalue weighted by atomic mass is 9.55. The summed E-state index contributed by atoms with van der Waals surface area (Å²) in [5.41, 5.74) is 18.0. The molecule has 2 aliphatic carbocycles. The van der Waals surface area contributed by atoms with Crippen LogP contribution < -0.4 is 0 Å². The van der Waals surface area contributed by atoms with Crippen LogP contribution in [-0.2, 0) is 10.8 Å². The predicted molar refractivity (Wildman–Crippen MR) is 254 cm³/mol. The maximum absolute atomic E-state index is 4.94. The molecule has 0 atom stereocenters. The number of hydrogen-bond acceptors (Lipinski definition) is 3. The van der Waals surface area contributed by atoms with Crippen LogP contribution in [0, 0.1) is 0 Å². The third-order valence-electron chi connectivity index (χ3n) is 13.4. The first-order chi connectivity index (χ1) is 30.5. The second kappa shape index (κ2) is 13.9. The van der Waals surface area contributed by atoms with Crippen LogP contribution in [0.3, 0.4) is 0 Å². The second-order valence-electron chi connectivity index (χ2n) is 17.1. The summed E-state index contributed by atoms with van der Waals surface area (Å²) in [6, 6.07) is 76.9. The molecule has 62 heavy (non-hydrogen) atoms. The lowest BCUT2D eigenvalue weighted by Crippen LogP contribution is -2.40. The molecule has 292 valence electrons. The highest BCUT2D eigenvalue weighted by atomic mass is 15.0. The van der Waals surface area contributed by atoms with Gasteiger partial charge in [-0.2, -0.15) is 0 Å². The molecule has 12 rings (SSSR count). The second-order valence-corrected chi connectivity index (χ2v) is 17.1. The van der Waals surface area contributed by atoms with E-state index in [2.05, 4.69) is 166 Å². The van der Waals surface area contributed by atoms with Crippen LogP contribution in [0.1, 0.15) is 47.2 Å². The first kappa shape index (κ1) is 36.1. The lowest BCUT2D eigenvalue weighted by Gasteiger charge is -2.46. The van der Waals surface area contributed by atoms with E-state index in [4.69, 9.17) is 15.0 Å². The van der Waals surface area contributed by atoms with Gasteiger partial charge in [-0.3, -0.25) is 0 Å². The van der Waals surface area contributed by atoms with Gasteiger partial charge < -0.3 is 0 Å². The molecule has 0 aliphatic heterocycles. The van der Waals surface area contributed by atoms with Crippen LogP contribution in [0.4, 0.5) is 0 Å². The molecule has 0 amide bonds. The van der Waals surface area contributed by atoms with Gasteiger partial charge in [-0.1, -0.05) is 214 Å². The van der Waals surface area contributed by atoms with E-state index in [1.807, 2.05) is 60.7 Å². The first-order valence-electron chi connectivity index (χ1n) is 21.4. The maximum Gasteiger partial charge on any atom is 0.164 e. The monoisotopic (exact) mass is 791 g/mol. The molecule has 1 spiro atoms. The smallest absolute Gasteiger partial charge is 0.164 e. The summed E-state index contributed by atoms with van der Waals surface area (Å²) in [6.07, 6.45) is 0. The third-order valence-corrected chi connectivity index (χ3v) is 13.4. The van der Waals surface area contributed by atoms with Crippen molar-refractivity contribution in [2.24, 2.45) is 0 Å². The van der Waals surface area contributed by atoms with Crippen molar-refractivity contribution in [3.63, 3.8) is 0 Å². The van der Waals surface area contributed by atoms with Crippen molar-refractivity contribution in [3.8, 4) is 67.5 Å². The summed E-state index contributed by atoms with van der Waals surface area (Å²) in [4.78, 5) is 14.8. The Morgan fingerprint density at radius 1 is 0.290 bits per heavy atom. The van der Waals surface area contributed by atoms with E-state index in [0.29, 0.717) is 17.5 Å². The summed E-state index contributed by atoms with van der Waals surface area (Å²) >= 11 is 0. The highest BCUT2D eigenvalue weighted by Gasteiger charge is 2.53. The maximum atomic E-state index is 4.94. The number of rotatable bonds is 5. The third kappa shape index (κ3) is 5.41. The average molecular weight is 792 g/mol. The van der Waals surface area contributed by atoms with E-state index in [-0.39, 0.29) is 5.41 Å². The van der Waals surface area contributed by atoms with Crippen LogP contribution in [0.2, 0.25) is 0 Å². The van der Waals surface area contributed by atoms with Crippen molar-refractivity contribution >= 4 is 10.8 Å². The summed E-state index contributed by atoms with van der Waals surface area (Å²) in [5.74, 6) is 1.96. The van der Waals surface area contributed by atoms with Crippen molar-refractivity contribution in [3.05, 3.63) is 246 Å². The normalized spacial score (nSPS) is 13.9. The number of nitrogens with zero attached hydrogens (tertiary/aromatic N) is 3. The summed E-state index contributed by atoms with van der Waals surface area (Å²) in [6.45, 7) is 4.76. The number of benzene rings is 9. The Kier molecular flexibility index (Phi) is 8.10. The van der Waals surface area contributed by atoms with E-state index >= 15 is 0 Å². The Bertz CT molecular complexity index is 3260. The van der Waals surface area contributed by atoms with Crippen molar-refractivity contribution in [1.82, 2.24) is 15.0 Å². The minimum atomic E-state index is -0.395. The number of hydrogen-bond donors (Lipinski definition) is 0. The van der Waals surface area contributed by atoms with Gasteiger partial charge in [-0.05, 0) is 89.7 Å². The van der Waals surface area contributed by atoms with Gasteiger partial charge in [0.2, 0.25) is 0 Å². The highest BCUT2D eigenvalue weighted by molar-refractivity contribution is 6.00. The molecule has 0 saturated heterocycles. The SMILES string of the molecule is CC1(C)c2ccccc2C2(c3ccccc3-c3cc(-c4cccc5cc(-c6ccc(-c7nc(-c8ccccc8)nc(-c8ccccc8)n7)cc6)ccc45)ccc32)c2ccccc21. The minimum absolute atomic E-state index is 0.118. The Morgan fingerprint density at radius 2 is 0.742 bits per heavy atom. The zero-order valence-corrected chi connectivity index (χ0v) is 34.5. The quantitative estimate of drug-likeness (QED) is 0.174. The molecule has 0 unspecified atom stereocenters. The molecule has 0 fully saturated rings. The fourth-order valence-corrected chi connectivity index (χ4v) is 10.5. The van der Waals surface area contributed by atoms with Gasteiger partial charge in [0, 0.05) is 22.1 Å². The van der Waals surface area contributed by atoms with E-state index in [1.54, 1.807) is 0 Å². The zero-order valence-electron chi connectivity index (χ0n) is 34.5. The molecular formula is C59H41N3. The molecule has 2 aliphatic rings. The average Bonchev–Trinajstić information content (AvgIpc) is 3.63. The molecule has 10 aromatic rings. The van der Waals surface area contributed by atoms with Gasteiger partial charge in [0.05, 0.1) is 5.41 Å². The van der Waals surface area contributed by atoms with Gasteiger partial charge in [0.15, 0.2) is 17.5 Å². The molecule has 9 aromatic carbocycles. The van der Waals surface area contributed by atoms with Gasteiger partial charge >= 0.3 is 0 Å². The highest BCUT2D eigenvalue weighted by Crippen LogP contribution is 2.62. The van der Waals surface area contributed by atoms with Gasteiger partial charge in [-0.25, -0.2) is 15.0 Å². The topological polar surface area (TPSA) is 38.7 Å². The minimum Gasteiger partial charge on any atom is -0.208 e. The van der Waals surface area contributed by atoms with Crippen molar-refractivity contribution in [2.75, 3.05) is 0 Å². The first-order valence-corrected chi connectivity index (χ1v) is 21.4. The summed E-state index contributed by atoms with van der Waals surface area (Å²) < 4.78 is 0. The van der Waals surface area contributed by atoms with Crippen LogP contribution in [0.25, 0.3) is 78.3 Å². The zero-order chi connectivity index (χ0) is 41.4. The van der Waals surface area contributed by atoms with Crippen molar-refractivity contribution in [2.45, 2.75) is 24.7 Å². The lowest BCUT2D eigenvalue weighted by molar-refractivity contribution is 0.563. The Labute approximate surface area is 362 Å². The summed E-state index contributed by atoms with van der Waals surface area (Å²) in [5, 5.41) is 2.44. The van der Waals surface area contributed by atoms with E-state index in [1.165, 1.54) is 66.4 Å². The largest absolute Gasteiger partial charge is 0.208 e. The Hall–Kier alpha value is -7.75. The number of fused-ring (bicyclic) bond motifs is 10. The molecule has 3 nitrogen and oxygen atoms in total. The molecule has 0 bridgehead atoms. The van der Waals surface area contributed by atoms with Crippen LogP contribution in [-0.4, -0.2) is 15.0 Å². The van der Waals surface area contributed by atoms with E-state index in [0.717, 1.165) is 27.8 Å². The molecular weight excluding hydrogens is 751 g/mol. The van der Waals surface area contributed by atoms with Crippen LogP contribution in [0.5, 0.6) is 0 Å². The van der Waals surface area contributed by atoms with Crippen LogP contribution in [0.15, 0.2) is 212 Å². The van der Waals surface area contributed by atoms with Crippen molar-refractivity contribution < 1.29 is 0 Å². The molecule has 0 saturated carbocycles. The predicted octanol–water partition coefficient (Wildman–Crippen LogP) is 14.4.